The van der Waals surface area contributed by atoms with E-state index in [-0.39, 0.29) is 0 Å². The van der Waals surface area contributed by atoms with Gasteiger partial charge in [-0.05, 0) is 14.0 Å². The summed E-state index contributed by atoms with van der Waals surface area (Å²) < 4.78 is 5.34. The lowest BCUT2D eigenvalue weighted by atomic mass is 10.3. The normalized spacial score (nSPS) is 19.4. The van der Waals surface area contributed by atoms with Gasteiger partial charge < -0.3 is 14.2 Å². The van der Waals surface area contributed by atoms with Crippen molar-refractivity contribution >= 4 is 6.01 Å². The number of nitrogens with zero attached hydrogens (tertiary/aromatic N) is 3. The number of piperazine rings is 1. The molecule has 0 bridgehead atoms. The van der Waals surface area contributed by atoms with Gasteiger partial charge in [-0.15, -0.1) is 0 Å². The van der Waals surface area contributed by atoms with Crippen LogP contribution >= 0.6 is 0 Å². The van der Waals surface area contributed by atoms with E-state index in [4.69, 9.17) is 4.42 Å². The van der Waals surface area contributed by atoms with Crippen molar-refractivity contribution in [2.24, 2.45) is 0 Å². The molecule has 1 fully saturated rings. The molecular formula is C9H15N3O. The summed E-state index contributed by atoms with van der Waals surface area (Å²) in [5, 5.41) is 0. The Morgan fingerprint density at radius 2 is 2.00 bits per heavy atom. The third-order valence-corrected chi connectivity index (χ3v) is 2.38. The third kappa shape index (κ3) is 1.83. The van der Waals surface area contributed by atoms with Crippen LogP contribution < -0.4 is 4.90 Å². The Morgan fingerprint density at radius 3 is 2.54 bits per heavy atom. The summed E-state index contributed by atoms with van der Waals surface area (Å²) in [7, 11) is 2.14. The number of hydrogen-bond donors (Lipinski definition) is 0. The molecule has 13 heavy (non-hydrogen) atoms. The van der Waals surface area contributed by atoms with E-state index in [1.165, 1.54) is 0 Å². The standard InChI is InChI=1S/C9H15N3O/c1-8-7-13-9(10-8)12-5-3-11(2)4-6-12/h7H,3-6H2,1-2H3. The second kappa shape index (κ2) is 3.38. The van der Waals surface area contributed by atoms with Gasteiger partial charge in [0.2, 0.25) is 0 Å². The van der Waals surface area contributed by atoms with Crippen LogP contribution in [-0.2, 0) is 0 Å². The smallest absolute Gasteiger partial charge is 0.297 e. The van der Waals surface area contributed by atoms with Gasteiger partial charge in [0.05, 0.1) is 5.69 Å². The number of aryl methyl sites for hydroxylation is 1. The van der Waals surface area contributed by atoms with Crippen molar-refractivity contribution in [1.29, 1.82) is 0 Å². The fourth-order valence-electron chi connectivity index (χ4n) is 1.48. The maximum Gasteiger partial charge on any atom is 0.297 e. The number of oxazole rings is 1. The average Bonchev–Trinajstić information content (AvgIpc) is 2.53. The molecular weight excluding hydrogens is 166 g/mol. The van der Waals surface area contributed by atoms with Crippen molar-refractivity contribution in [3.8, 4) is 0 Å². The van der Waals surface area contributed by atoms with E-state index in [0.29, 0.717) is 0 Å². The maximum atomic E-state index is 5.34. The highest BCUT2D eigenvalue weighted by atomic mass is 16.4. The van der Waals surface area contributed by atoms with E-state index in [1.54, 1.807) is 6.26 Å². The summed E-state index contributed by atoms with van der Waals surface area (Å²) in [6.07, 6.45) is 1.70. The van der Waals surface area contributed by atoms with Crippen LogP contribution in [0.3, 0.4) is 0 Å². The van der Waals surface area contributed by atoms with E-state index in [9.17, 15) is 0 Å². The molecule has 0 unspecified atom stereocenters. The van der Waals surface area contributed by atoms with Crippen LogP contribution in [0.5, 0.6) is 0 Å². The number of anilines is 1. The van der Waals surface area contributed by atoms with Gasteiger partial charge in [-0.25, -0.2) is 0 Å². The Labute approximate surface area is 78.1 Å². The molecule has 0 atom stereocenters. The van der Waals surface area contributed by atoms with Crippen molar-refractivity contribution in [2.45, 2.75) is 6.92 Å². The number of aromatic nitrogens is 1. The number of likely N-dealkylation sites (N-methyl/N-ethyl adjacent to an activating group) is 1. The highest BCUT2D eigenvalue weighted by molar-refractivity contribution is 5.27. The van der Waals surface area contributed by atoms with Crippen LogP contribution in [-0.4, -0.2) is 43.1 Å². The summed E-state index contributed by atoms with van der Waals surface area (Å²) in [4.78, 5) is 8.80. The minimum Gasteiger partial charge on any atom is -0.432 e. The Balaban J connectivity index is 2.02. The summed E-state index contributed by atoms with van der Waals surface area (Å²) in [6.45, 7) is 6.14. The number of hydrogen-bond acceptors (Lipinski definition) is 4. The van der Waals surface area contributed by atoms with Gasteiger partial charge in [-0.2, -0.15) is 4.98 Å². The zero-order valence-corrected chi connectivity index (χ0v) is 8.16. The Bertz CT molecular complexity index is 276. The minimum absolute atomic E-state index is 0.769. The average molecular weight is 181 g/mol. The van der Waals surface area contributed by atoms with Gasteiger partial charge in [0, 0.05) is 26.2 Å². The molecule has 0 spiro atoms. The van der Waals surface area contributed by atoms with Crippen molar-refractivity contribution < 1.29 is 4.42 Å². The Hall–Kier alpha value is -1.03. The molecule has 4 heteroatoms. The lowest BCUT2D eigenvalue weighted by Crippen LogP contribution is -2.44. The van der Waals surface area contributed by atoms with Crippen molar-refractivity contribution in [1.82, 2.24) is 9.88 Å². The first-order valence-electron chi connectivity index (χ1n) is 4.61. The third-order valence-electron chi connectivity index (χ3n) is 2.38. The quantitative estimate of drug-likeness (QED) is 0.639. The fourth-order valence-corrected chi connectivity index (χ4v) is 1.48. The second-order valence-corrected chi connectivity index (χ2v) is 3.56. The zero-order valence-electron chi connectivity index (χ0n) is 8.16. The molecule has 2 rings (SSSR count). The number of rotatable bonds is 1. The Morgan fingerprint density at radius 1 is 1.31 bits per heavy atom. The summed E-state index contributed by atoms with van der Waals surface area (Å²) >= 11 is 0. The molecule has 1 aliphatic heterocycles. The Kier molecular flexibility index (Phi) is 2.22. The highest BCUT2D eigenvalue weighted by Crippen LogP contribution is 2.14. The molecule has 0 aliphatic carbocycles. The highest BCUT2D eigenvalue weighted by Gasteiger charge is 2.17. The molecule has 0 radical (unpaired) electrons. The van der Waals surface area contributed by atoms with E-state index in [1.807, 2.05) is 6.92 Å². The topological polar surface area (TPSA) is 32.5 Å². The molecule has 0 N–H and O–H groups in total. The van der Waals surface area contributed by atoms with Crippen LogP contribution in [0.1, 0.15) is 5.69 Å². The van der Waals surface area contributed by atoms with Gasteiger partial charge >= 0.3 is 0 Å². The molecule has 2 heterocycles. The molecule has 1 aliphatic rings. The summed E-state index contributed by atoms with van der Waals surface area (Å²) in [6, 6.07) is 0.769. The van der Waals surface area contributed by atoms with Gasteiger partial charge in [0.15, 0.2) is 0 Å². The first-order valence-corrected chi connectivity index (χ1v) is 4.61. The van der Waals surface area contributed by atoms with Crippen LogP contribution in [0.15, 0.2) is 10.7 Å². The van der Waals surface area contributed by atoms with E-state index >= 15 is 0 Å². The molecule has 72 valence electrons. The molecule has 1 aromatic heterocycles. The van der Waals surface area contributed by atoms with Crippen LogP contribution in [0.25, 0.3) is 0 Å². The SMILES string of the molecule is Cc1coc(N2CCN(C)CC2)n1. The molecule has 1 saturated heterocycles. The van der Waals surface area contributed by atoms with E-state index in [0.717, 1.165) is 37.9 Å². The monoisotopic (exact) mass is 181 g/mol. The predicted octanol–water partition coefficient (Wildman–Crippen LogP) is 0.735. The summed E-state index contributed by atoms with van der Waals surface area (Å²) in [5.74, 6) is 0. The van der Waals surface area contributed by atoms with Crippen LogP contribution in [0.4, 0.5) is 6.01 Å². The lowest BCUT2D eigenvalue weighted by Gasteiger charge is -2.31. The molecule has 0 aromatic carbocycles. The fraction of sp³-hybridized carbons (Fsp3) is 0.667. The zero-order chi connectivity index (χ0) is 9.26. The van der Waals surface area contributed by atoms with Gasteiger partial charge in [0.1, 0.15) is 6.26 Å². The molecule has 4 nitrogen and oxygen atoms in total. The first kappa shape index (κ1) is 8.56. The minimum atomic E-state index is 0.769. The van der Waals surface area contributed by atoms with Crippen molar-refractivity contribution in [2.75, 3.05) is 38.1 Å². The van der Waals surface area contributed by atoms with Gasteiger partial charge in [-0.1, -0.05) is 0 Å². The van der Waals surface area contributed by atoms with Gasteiger partial charge in [0.25, 0.3) is 6.01 Å². The maximum absolute atomic E-state index is 5.34. The van der Waals surface area contributed by atoms with E-state index < -0.39 is 0 Å². The lowest BCUT2D eigenvalue weighted by molar-refractivity contribution is 0.305. The van der Waals surface area contributed by atoms with Crippen LogP contribution in [0, 0.1) is 6.92 Å². The van der Waals surface area contributed by atoms with Crippen LogP contribution in [0.2, 0.25) is 0 Å². The van der Waals surface area contributed by atoms with Crippen molar-refractivity contribution in [3.63, 3.8) is 0 Å². The summed E-state index contributed by atoms with van der Waals surface area (Å²) in [5.41, 5.74) is 0.953. The first-order chi connectivity index (χ1) is 6.25. The predicted molar refractivity (Wildman–Crippen MR) is 51.0 cm³/mol. The van der Waals surface area contributed by atoms with Gasteiger partial charge in [-0.3, -0.25) is 0 Å². The second-order valence-electron chi connectivity index (χ2n) is 3.56. The van der Waals surface area contributed by atoms with E-state index in [2.05, 4.69) is 21.8 Å². The molecule has 0 amide bonds. The largest absolute Gasteiger partial charge is 0.432 e. The van der Waals surface area contributed by atoms with Crippen molar-refractivity contribution in [3.05, 3.63) is 12.0 Å². The molecule has 0 saturated carbocycles. The molecule has 1 aromatic rings.